The number of halogens is 4. The summed E-state index contributed by atoms with van der Waals surface area (Å²) in [5.41, 5.74) is -0.670. The maximum atomic E-state index is 12.1. The third-order valence-corrected chi connectivity index (χ3v) is 1.92. The minimum Gasteiger partial charge on any atom is -0.480 e. The van der Waals surface area contributed by atoms with Crippen molar-refractivity contribution in [1.82, 2.24) is 4.98 Å². The normalized spacial score (nSPS) is 11.3. The number of nitrogens with zero attached hydrogens (tertiary/aromatic N) is 1. The summed E-state index contributed by atoms with van der Waals surface area (Å²) in [6.07, 6.45) is -3.94. The first-order chi connectivity index (χ1) is 6.88. The summed E-state index contributed by atoms with van der Waals surface area (Å²) in [6, 6.07) is 0.890. The number of alkyl halides is 3. The Balaban J connectivity index is 3.22. The third-order valence-electron chi connectivity index (χ3n) is 1.55. The molecule has 82 valence electrons. The summed E-state index contributed by atoms with van der Waals surface area (Å²) in [5, 5.41) is -0.442. The Morgan fingerprint density at radius 1 is 1.53 bits per heavy atom. The van der Waals surface area contributed by atoms with Gasteiger partial charge in [-0.25, -0.2) is 4.98 Å². The fourth-order valence-electron chi connectivity index (χ4n) is 0.895. The van der Waals surface area contributed by atoms with E-state index in [1.807, 2.05) is 0 Å². The highest BCUT2D eigenvalue weighted by molar-refractivity contribution is 6.35. The highest BCUT2D eigenvalue weighted by atomic mass is 35.5. The van der Waals surface area contributed by atoms with E-state index in [0.717, 1.165) is 12.3 Å². The van der Waals surface area contributed by atoms with Gasteiger partial charge in [0, 0.05) is 6.20 Å². The number of rotatable bonds is 2. The lowest BCUT2D eigenvalue weighted by molar-refractivity contribution is -0.0885. The van der Waals surface area contributed by atoms with Gasteiger partial charge in [-0.05, 0) is 6.07 Å². The average molecular weight is 240 g/mol. The van der Waals surface area contributed by atoms with Crippen LogP contribution in [0.2, 0.25) is 5.02 Å². The Morgan fingerprint density at radius 3 is 2.60 bits per heavy atom. The van der Waals surface area contributed by atoms with Crippen LogP contribution in [0.5, 0.6) is 5.88 Å². The van der Waals surface area contributed by atoms with Crippen molar-refractivity contribution in [2.45, 2.75) is 6.18 Å². The molecule has 3 nitrogen and oxygen atoms in total. The van der Waals surface area contributed by atoms with Crippen molar-refractivity contribution in [1.29, 1.82) is 0 Å². The van der Waals surface area contributed by atoms with Gasteiger partial charge in [0.15, 0.2) is 0 Å². The summed E-state index contributed by atoms with van der Waals surface area (Å²) in [5.74, 6) is -2.24. The van der Waals surface area contributed by atoms with Crippen LogP contribution in [-0.2, 0) is 0 Å². The number of aromatic nitrogens is 1. The first-order valence-electron chi connectivity index (χ1n) is 3.68. The highest BCUT2D eigenvalue weighted by Crippen LogP contribution is 2.30. The van der Waals surface area contributed by atoms with Crippen molar-refractivity contribution in [2.75, 3.05) is 7.11 Å². The number of Topliss-reactive ketones (excluding diaryl/α,β-unsaturated/α-hetero) is 1. The molecular weight excluding hydrogens is 235 g/mol. The van der Waals surface area contributed by atoms with Crippen LogP contribution < -0.4 is 4.74 Å². The molecule has 0 saturated heterocycles. The monoisotopic (exact) mass is 239 g/mol. The van der Waals surface area contributed by atoms with Crippen LogP contribution in [0, 0.1) is 0 Å². The van der Waals surface area contributed by atoms with Gasteiger partial charge in [0.2, 0.25) is 5.88 Å². The van der Waals surface area contributed by atoms with Crippen molar-refractivity contribution >= 4 is 17.4 Å². The van der Waals surface area contributed by atoms with Gasteiger partial charge < -0.3 is 4.74 Å². The molecule has 0 aliphatic rings. The lowest BCUT2D eigenvalue weighted by atomic mass is 10.1. The quantitative estimate of drug-likeness (QED) is 0.745. The average Bonchev–Trinajstić information content (AvgIpc) is 2.16. The van der Waals surface area contributed by atoms with Gasteiger partial charge in [-0.2, -0.15) is 13.2 Å². The Bertz CT molecular complexity index is 392. The Hall–Kier alpha value is -1.30. The van der Waals surface area contributed by atoms with Crippen LogP contribution in [0.3, 0.4) is 0 Å². The molecule has 1 aromatic rings. The Labute approximate surface area is 87.8 Å². The van der Waals surface area contributed by atoms with E-state index in [4.69, 9.17) is 11.6 Å². The van der Waals surface area contributed by atoms with E-state index < -0.39 is 22.5 Å². The van der Waals surface area contributed by atoms with E-state index in [-0.39, 0.29) is 5.88 Å². The summed E-state index contributed by atoms with van der Waals surface area (Å²) in [4.78, 5) is 14.4. The molecule has 1 aromatic heterocycles. The van der Waals surface area contributed by atoms with Gasteiger partial charge in [0.05, 0.1) is 12.7 Å². The summed E-state index contributed by atoms with van der Waals surface area (Å²) in [7, 11) is 1.19. The van der Waals surface area contributed by atoms with Crippen LogP contribution in [0.1, 0.15) is 10.4 Å². The third kappa shape index (κ3) is 2.38. The molecule has 0 saturated carbocycles. The summed E-state index contributed by atoms with van der Waals surface area (Å²) >= 11 is 5.50. The smallest absolute Gasteiger partial charge is 0.454 e. The zero-order valence-electron chi connectivity index (χ0n) is 7.43. The number of ketones is 1. The lowest BCUT2D eigenvalue weighted by Gasteiger charge is -2.08. The number of ether oxygens (including phenoxy) is 1. The predicted octanol–water partition coefficient (Wildman–Crippen LogP) is 2.49. The van der Waals surface area contributed by atoms with Crippen LogP contribution >= 0.6 is 11.6 Å². The van der Waals surface area contributed by atoms with Crippen LogP contribution in [-0.4, -0.2) is 24.1 Å². The van der Waals surface area contributed by atoms with Crippen molar-refractivity contribution < 1.29 is 22.7 Å². The molecule has 0 atom stereocenters. The van der Waals surface area contributed by atoms with Gasteiger partial charge in [-0.1, -0.05) is 11.6 Å². The first kappa shape index (κ1) is 11.8. The van der Waals surface area contributed by atoms with E-state index in [0.29, 0.717) is 0 Å². The molecule has 1 heterocycles. The molecule has 7 heteroatoms. The molecular formula is C8H5ClF3NO2. The number of hydrogen-bond donors (Lipinski definition) is 0. The zero-order valence-corrected chi connectivity index (χ0v) is 8.19. The van der Waals surface area contributed by atoms with E-state index >= 15 is 0 Å². The van der Waals surface area contributed by atoms with Gasteiger partial charge in [0.25, 0.3) is 5.78 Å². The zero-order chi connectivity index (χ0) is 11.6. The van der Waals surface area contributed by atoms with Crippen molar-refractivity contribution in [3.63, 3.8) is 0 Å². The SMILES string of the molecule is COc1nccc(C(=O)C(F)(F)F)c1Cl. The molecule has 0 unspecified atom stereocenters. The topological polar surface area (TPSA) is 39.2 Å². The molecule has 0 N–H and O–H groups in total. The molecule has 0 aliphatic heterocycles. The fraction of sp³-hybridized carbons (Fsp3) is 0.250. The molecule has 1 rings (SSSR count). The molecule has 0 aromatic carbocycles. The van der Waals surface area contributed by atoms with E-state index in [2.05, 4.69) is 9.72 Å². The molecule has 15 heavy (non-hydrogen) atoms. The fourth-order valence-corrected chi connectivity index (χ4v) is 1.17. The number of methoxy groups -OCH3 is 1. The van der Waals surface area contributed by atoms with Crippen molar-refractivity contribution in [3.8, 4) is 5.88 Å². The molecule has 0 radical (unpaired) electrons. The Kier molecular flexibility index (Phi) is 3.18. The number of hydrogen-bond acceptors (Lipinski definition) is 3. The number of carbonyl (C=O) groups is 1. The molecule has 0 spiro atoms. The van der Waals surface area contributed by atoms with Gasteiger partial charge in [0.1, 0.15) is 5.02 Å². The second kappa shape index (κ2) is 4.06. The van der Waals surface area contributed by atoms with Crippen LogP contribution in [0.25, 0.3) is 0 Å². The van der Waals surface area contributed by atoms with Crippen LogP contribution in [0.4, 0.5) is 13.2 Å². The molecule has 0 bridgehead atoms. The van der Waals surface area contributed by atoms with Gasteiger partial charge in [-0.15, -0.1) is 0 Å². The summed E-state index contributed by atoms with van der Waals surface area (Å²) < 4.78 is 40.8. The van der Waals surface area contributed by atoms with Gasteiger partial charge in [-0.3, -0.25) is 4.79 Å². The minimum atomic E-state index is -4.96. The maximum Gasteiger partial charge on any atom is 0.454 e. The van der Waals surface area contributed by atoms with E-state index in [9.17, 15) is 18.0 Å². The maximum absolute atomic E-state index is 12.1. The predicted molar refractivity (Wildman–Crippen MR) is 46.2 cm³/mol. The Morgan fingerprint density at radius 2 is 2.13 bits per heavy atom. The second-order valence-corrected chi connectivity index (χ2v) is 2.89. The van der Waals surface area contributed by atoms with Crippen LogP contribution in [0.15, 0.2) is 12.3 Å². The number of carbonyl (C=O) groups excluding carboxylic acids is 1. The van der Waals surface area contributed by atoms with E-state index in [1.54, 1.807) is 0 Å². The lowest BCUT2D eigenvalue weighted by Crippen LogP contribution is -2.23. The standard InChI is InChI=1S/C8H5ClF3NO2/c1-15-7-5(9)4(2-3-13-7)6(14)8(10,11)12/h2-3H,1H3. The van der Waals surface area contributed by atoms with E-state index in [1.165, 1.54) is 7.11 Å². The minimum absolute atomic E-state index is 0.216. The number of pyridine rings is 1. The van der Waals surface area contributed by atoms with Gasteiger partial charge >= 0.3 is 6.18 Å². The second-order valence-electron chi connectivity index (χ2n) is 2.51. The highest BCUT2D eigenvalue weighted by Gasteiger charge is 2.40. The largest absolute Gasteiger partial charge is 0.480 e. The summed E-state index contributed by atoms with van der Waals surface area (Å²) in [6.45, 7) is 0. The first-order valence-corrected chi connectivity index (χ1v) is 4.05. The van der Waals surface area contributed by atoms with Crippen molar-refractivity contribution in [2.24, 2.45) is 0 Å². The molecule has 0 aliphatic carbocycles. The molecule has 0 fully saturated rings. The van der Waals surface area contributed by atoms with Crippen molar-refractivity contribution in [3.05, 3.63) is 22.8 Å². The molecule has 0 amide bonds.